The SMILES string of the molecule is CCC(C)C(NC(=O)NC1CCCCNC(=O)C(CCSC)N(C)C(=O)C(CCc2ccc(O)cc2)N(C)C(=O)C(CCc2ccccc2)NC(=O)[C@H](C(C)C)NC1=O)C(=O)O. The number of likely N-dealkylation sites (N-methyl/N-ethyl adjacent to an activating group) is 2. The Morgan fingerprint density at radius 2 is 1.44 bits per heavy atom. The number of benzene rings is 2. The van der Waals surface area contributed by atoms with E-state index in [9.17, 15) is 43.8 Å². The molecular weight excluding hydrogens is 815 g/mol. The van der Waals surface area contributed by atoms with Crippen LogP contribution < -0.4 is 26.6 Å². The second-order valence-electron chi connectivity index (χ2n) is 16.4. The maximum atomic E-state index is 14.7. The second kappa shape index (κ2) is 25.6. The van der Waals surface area contributed by atoms with Crippen molar-refractivity contribution < 1.29 is 43.8 Å². The van der Waals surface area contributed by atoms with E-state index < -0.39 is 83.7 Å². The van der Waals surface area contributed by atoms with Crippen LogP contribution in [-0.4, -0.2) is 130 Å². The molecular formula is C45H67N7O9S. The molecule has 1 heterocycles. The Morgan fingerprint density at radius 1 is 0.806 bits per heavy atom. The summed E-state index contributed by atoms with van der Waals surface area (Å²) in [6.45, 7) is 7.14. The molecule has 16 nitrogen and oxygen atoms in total. The monoisotopic (exact) mass is 881 g/mol. The Balaban J connectivity index is 2.08. The average Bonchev–Trinajstić information content (AvgIpc) is 3.25. The van der Waals surface area contributed by atoms with Crippen molar-refractivity contribution in [2.45, 2.75) is 122 Å². The lowest BCUT2D eigenvalue weighted by Crippen LogP contribution is -2.61. The molecule has 7 N–H and O–H groups in total. The van der Waals surface area contributed by atoms with Crippen molar-refractivity contribution in [1.82, 2.24) is 36.4 Å². The van der Waals surface area contributed by atoms with E-state index in [0.717, 1.165) is 11.1 Å². The zero-order chi connectivity index (χ0) is 45.9. The third-order valence-corrected chi connectivity index (χ3v) is 12.1. The van der Waals surface area contributed by atoms with Crippen LogP contribution in [0.1, 0.15) is 83.8 Å². The standard InChI is InChI=1S/C45H67N7O9S/c1-8-29(4)38(44(59)60)50-45(61)48-33-16-12-13-26-46-40(55)35(25-27-62-7)51(5)43(58)36(24-20-31-17-21-32(53)22-18-31)52(6)42(57)34(23-19-30-14-10-9-11-15-30)47-41(56)37(28(2)3)49-39(33)54/h9-11,14-15,17-18,21-22,28-29,33-38,53H,8,12-13,16,19-20,23-27H2,1-7H3,(H,46,55)(H,47,56)(H,49,54)(H,59,60)(H2,48,50,61)/t29?,33?,34?,35?,36?,37-,38?/m0/s1. The maximum Gasteiger partial charge on any atom is 0.326 e. The van der Waals surface area contributed by atoms with E-state index in [-0.39, 0.29) is 37.5 Å². The summed E-state index contributed by atoms with van der Waals surface area (Å²) in [6.07, 6.45) is 4.59. The Morgan fingerprint density at radius 3 is 2.05 bits per heavy atom. The van der Waals surface area contributed by atoms with Gasteiger partial charge in [0.15, 0.2) is 0 Å². The molecule has 0 spiro atoms. The second-order valence-corrected chi connectivity index (χ2v) is 17.4. The first-order valence-electron chi connectivity index (χ1n) is 21.5. The molecule has 17 heteroatoms. The van der Waals surface area contributed by atoms with Crippen LogP contribution in [0.15, 0.2) is 54.6 Å². The molecule has 0 bridgehead atoms. The molecule has 0 radical (unpaired) electrons. The summed E-state index contributed by atoms with van der Waals surface area (Å²) in [5, 5.41) is 33.3. The lowest BCUT2D eigenvalue weighted by molar-refractivity contribution is -0.149. The largest absolute Gasteiger partial charge is 0.508 e. The van der Waals surface area contributed by atoms with Gasteiger partial charge >= 0.3 is 12.0 Å². The summed E-state index contributed by atoms with van der Waals surface area (Å²) >= 11 is 1.52. The lowest BCUT2D eigenvalue weighted by Gasteiger charge is -2.36. The van der Waals surface area contributed by atoms with Crippen molar-refractivity contribution >= 4 is 53.3 Å². The van der Waals surface area contributed by atoms with Crippen molar-refractivity contribution in [3.8, 4) is 5.75 Å². The van der Waals surface area contributed by atoms with E-state index in [2.05, 4.69) is 26.6 Å². The fourth-order valence-electron chi connectivity index (χ4n) is 7.33. The fourth-order valence-corrected chi connectivity index (χ4v) is 7.79. The molecule has 1 aliphatic rings. The molecule has 7 atom stereocenters. The van der Waals surface area contributed by atoms with Gasteiger partial charge < -0.3 is 46.6 Å². The van der Waals surface area contributed by atoms with E-state index in [1.165, 1.54) is 28.6 Å². The molecule has 7 amide bonds. The predicted molar refractivity (Wildman–Crippen MR) is 239 cm³/mol. The number of rotatable bonds is 15. The molecule has 2 aromatic rings. The van der Waals surface area contributed by atoms with Crippen LogP contribution in [0, 0.1) is 11.8 Å². The van der Waals surface area contributed by atoms with Crippen molar-refractivity contribution in [3.05, 3.63) is 65.7 Å². The summed E-state index contributed by atoms with van der Waals surface area (Å²) in [5.74, 6) is -4.17. The number of aliphatic carboxylic acids is 1. The van der Waals surface area contributed by atoms with Gasteiger partial charge in [-0.25, -0.2) is 9.59 Å². The number of carbonyl (C=O) groups excluding carboxylic acids is 6. The van der Waals surface area contributed by atoms with Crippen molar-refractivity contribution in [1.29, 1.82) is 0 Å². The summed E-state index contributed by atoms with van der Waals surface area (Å²) < 4.78 is 0. The lowest BCUT2D eigenvalue weighted by atomic mass is 9.98. The summed E-state index contributed by atoms with van der Waals surface area (Å²) in [7, 11) is 3.06. The zero-order valence-corrected chi connectivity index (χ0v) is 38.0. The number of carboxylic acids is 1. The van der Waals surface area contributed by atoms with E-state index in [1.54, 1.807) is 59.0 Å². The average molecular weight is 882 g/mol. The highest BCUT2D eigenvalue weighted by Crippen LogP contribution is 2.20. The summed E-state index contributed by atoms with van der Waals surface area (Å²) in [4.78, 5) is 99.5. The summed E-state index contributed by atoms with van der Waals surface area (Å²) in [5.41, 5.74) is 1.73. The van der Waals surface area contributed by atoms with Crippen LogP contribution in [0.2, 0.25) is 0 Å². The molecule has 3 rings (SSSR count). The molecule has 0 aromatic heterocycles. The number of aromatic hydroxyl groups is 1. The van der Waals surface area contributed by atoms with E-state index in [0.29, 0.717) is 44.3 Å². The van der Waals surface area contributed by atoms with Crippen molar-refractivity contribution in [3.63, 3.8) is 0 Å². The number of phenolic OH excluding ortho intramolecular Hbond substituents is 1. The molecule has 62 heavy (non-hydrogen) atoms. The number of hydrogen-bond acceptors (Lipinski definition) is 9. The minimum atomic E-state index is -1.22. The smallest absolute Gasteiger partial charge is 0.326 e. The number of nitrogens with one attached hydrogen (secondary N) is 5. The third kappa shape index (κ3) is 15.5. The number of carbonyl (C=O) groups is 7. The van der Waals surface area contributed by atoms with Gasteiger partial charge in [-0.05, 0) is 98.5 Å². The molecule has 1 aliphatic heterocycles. The van der Waals surface area contributed by atoms with Gasteiger partial charge in [-0.1, -0.05) is 76.6 Å². The molecule has 342 valence electrons. The first-order valence-corrected chi connectivity index (χ1v) is 22.9. The normalized spacial score (nSPS) is 22.3. The van der Waals surface area contributed by atoms with Gasteiger partial charge in [0.1, 0.15) is 42.0 Å². The van der Waals surface area contributed by atoms with Crippen molar-refractivity contribution in [2.24, 2.45) is 11.8 Å². The van der Waals surface area contributed by atoms with Crippen LogP contribution in [-0.2, 0) is 41.6 Å². The van der Waals surface area contributed by atoms with Gasteiger partial charge in [0.25, 0.3) is 0 Å². The molecule has 1 fully saturated rings. The predicted octanol–water partition coefficient (Wildman–Crippen LogP) is 3.46. The minimum absolute atomic E-state index is 0.0857. The van der Waals surface area contributed by atoms with Crippen molar-refractivity contribution in [2.75, 3.05) is 32.6 Å². The molecule has 1 saturated heterocycles. The van der Waals surface area contributed by atoms with Gasteiger partial charge in [-0.3, -0.25) is 24.0 Å². The number of thioether (sulfide) groups is 1. The molecule has 2 aromatic carbocycles. The zero-order valence-electron chi connectivity index (χ0n) is 37.1. The Labute approximate surface area is 370 Å². The van der Waals surface area contributed by atoms with Crippen LogP contribution in [0.25, 0.3) is 0 Å². The van der Waals surface area contributed by atoms with Gasteiger partial charge in [0, 0.05) is 20.6 Å². The molecule has 0 aliphatic carbocycles. The fraction of sp³-hybridized carbons (Fsp3) is 0.578. The highest BCUT2D eigenvalue weighted by Gasteiger charge is 2.38. The van der Waals surface area contributed by atoms with E-state index in [1.807, 2.05) is 36.6 Å². The van der Waals surface area contributed by atoms with Gasteiger partial charge in [-0.2, -0.15) is 11.8 Å². The number of aryl methyl sites for hydroxylation is 2. The summed E-state index contributed by atoms with van der Waals surface area (Å²) in [6, 6.07) is 8.46. The van der Waals surface area contributed by atoms with Crippen LogP contribution in [0.3, 0.4) is 0 Å². The van der Waals surface area contributed by atoms with Crippen LogP contribution in [0.5, 0.6) is 5.75 Å². The Kier molecular flexibility index (Phi) is 21.1. The number of amides is 7. The van der Waals surface area contributed by atoms with E-state index in [4.69, 9.17) is 0 Å². The number of phenols is 1. The van der Waals surface area contributed by atoms with Gasteiger partial charge in [0.2, 0.25) is 29.5 Å². The topological polar surface area (TPSA) is 227 Å². The quantitative estimate of drug-likeness (QED) is 0.138. The van der Waals surface area contributed by atoms with Crippen LogP contribution >= 0.6 is 11.8 Å². The van der Waals surface area contributed by atoms with Gasteiger partial charge in [0.05, 0.1) is 0 Å². The first-order chi connectivity index (χ1) is 29.5. The van der Waals surface area contributed by atoms with Crippen LogP contribution in [0.4, 0.5) is 4.79 Å². The maximum absolute atomic E-state index is 14.7. The Bertz CT molecular complexity index is 1800. The number of hydrogen-bond donors (Lipinski definition) is 7. The highest BCUT2D eigenvalue weighted by atomic mass is 32.2. The number of carboxylic acid groups (broad SMARTS) is 1. The minimum Gasteiger partial charge on any atom is -0.508 e. The third-order valence-electron chi connectivity index (χ3n) is 11.5. The highest BCUT2D eigenvalue weighted by molar-refractivity contribution is 7.98. The number of nitrogens with zero attached hydrogens (tertiary/aromatic N) is 2. The molecule has 0 saturated carbocycles. The van der Waals surface area contributed by atoms with Gasteiger partial charge in [-0.15, -0.1) is 0 Å². The molecule has 6 unspecified atom stereocenters. The Hall–Kier alpha value is -5.32. The van der Waals surface area contributed by atoms with E-state index >= 15 is 0 Å². The first kappa shape index (κ1) is 51.0. The number of urea groups is 1.